The number of benzene rings is 1. The largest absolute Gasteiger partial charge is 0.369 e. The van der Waals surface area contributed by atoms with Crippen LogP contribution in [0.3, 0.4) is 0 Å². The summed E-state index contributed by atoms with van der Waals surface area (Å²) in [6.07, 6.45) is 1.87. The normalized spacial score (nSPS) is 17.9. The van der Waals surface area contributed by atoms with Gasteiger partial charge in [0.2, 0.25) is 0 Å². The second-order valence-electron chi connectivity index (χ2n) is 5.06. The molecule has 1 aromatic carbocycles. The predicted octanol–water partition coefficient (Wildman–Crippen LogP) is 2.78. The first-order valence-electron chi connectivity index (χ1n) is 7.05. The van der Waals surface area contributed by atoms with Crippen molar-refractivity contribution in [2.45, 2.75) is 5.78 Å². The molecule has 0 amide bonds. The van der Waals surface area contributed by atoms with E-state index in [2.05, 4.69) is 66.5 Å². The smallest absolute Gasteiger partial charge is 0.0663 e. The minimum absolute atomic E-state index is 0.314. The molecule has 2 aromatic rings. The Hall–Kier alpha value is -1.44. The summed E-state index contributed by atoms with van der Waals surface area (Å²) in [7, 11) is 2.93. The maximum atomic E-state index is 4.45. The number of hydrogen-bond donors (Lipinski definition) is 0. The zero-order valence-electron chi connectivity index (χ0n) is 11.5. The monoisotopic (exact) mass is 285 g/mol. The summed E-state index contributed by atoms with van der Waals surface area (Å²) >= 11 is 0. The molecule has 0 bridgehead atoms. The van der Waals surface area contributed by atoms with Gasteiger partial charge in [-0.05, 0) is 24.3 Å². The van der Waals surface area contributed by atoms with Crippen molar-refractivity contribution >= 4 is 14.9 Å². The molecular formula is C16H20N3P. The van der Waals surface area contributed by atoms with Gasteiger partial charge in [-0.25, -0.2) is 0 Å². The van der Waals surface area contributed by atoms with Crippen molar-refractivity contribution in [3.05, 3.63) is 60.4 Å². The second-order valence-corrected chi connectivity index (χ2v) is 5.69. The number of para-hydroxylation sites is 1. The van der Waals surface area contributed by atoms with Crippen molar-refractivity contribution < 1.29 is 0 Å². The maximum Gasteiger partial charge on any atom is 0.0663 e. The molecule has 0 radical (unpaired) electrons. The molecule has 3 rings (SSSR count). The van der Waals surface area contributed by atoms with Crippen molar-refractivity contribution in [2.24, 2.45) is 0 Å². The van der Waals surface area contributed by atoms with Crippen LogP contribution in [0.5, 0.6) is 0 Å². The highest BCUT2D eigenvalue weighted by atomic mass is 31.0. The lowest BCUT2D eigenvalue weighted by Crippen LogP contribution is -2.46. The molecule has 20 heavy (non-hydrogen) atoms. The first-order valence-corrected chi connectivity index (χ1v) is 7.72. The second kappa shape index (κ2) is 6.34. The molecule has 2 atom stereocenters. The molecule has 1 aromatic heterocycles. The van der Waals surface area contributed by atoms with Crippen molar-refractivity contribution in [1.29, 1.82) is 0 Å². The van der Waals surface area contributed by atoms with Gasteiger partial charge < -0.3 is 4.90 Å². The third-order valence-electron chi connectivity index (χ3n) is 3.82. The van der Waals surface area contributed by atoms with Crippen LogP contribution in [-0.4, -0.2) is 36.1 Å². The van der Waals surface area contributed by atoms with E-state index in [9.17, 15) is 0 Å². The van der Waals surface area contributed by atoms with Crippen LogP contribution in [-0.2, 0) is 0 Å². The minimum Gasteiger partial charge on any atom is -0.369 e. The molecule has 0 spiro atoms. The Kier molecular flexibility index (Phi) is 4.29. The van der Waals surface area contributed by atoms with Crippen LogP contribution >= 0.6 is 9.24 Å². The van der Waals surface area contributed by atoms with Gasteiger partial charge in [0.05, 0.1) is 11.5 Å². The lowest BCUT2D eigenvalue weighted by Gasteiger charge is -2.38. The first kappa shape index (κ1) is 13.5. The van der Waals surface area contributed by atoms with E-state index in [0.717, 1.165) is 31.9 Å². The molecule has 3 nitrogen and oxygen atoms in total. The Morgan fingerprint density at radius 3 is 2.25 bits per heavy atom. The van der Waals surface area contributed by atoms with E-state index < -0.39 is 0 Å². The number of nitrogens with zero attached hydrogens (tertiary/aromatic N) is 3. The molecule has 2 heterocycles. The molecule has 0 saturated carbocycles. The zero-order valence-corrected chi connectivity index (χ0v) is 12.7. The fraction of sp³-hybridized carbons (Fsp3) is 0.312. The maximum absolute atomic E-state index is 4.45. The van der Waals surface area contributed by atoms with Crippen LogP contribution in [0, 0.1) is 0 Å². The summed E-state index contributed by atoms with van der Waals surface area (Å²) in [6, 6.07) is 16.8. The Balaban J connectivity index is 1.61. The summed E-state index contributed by atoms with van der Waals surface area (Å²) in [6.45, 7) is 4.28. The van der Waals surface area contributed by atoms with E-state index in [0.29, 0.717) is 5.78 Å². The van der Waals surface area contributed by atoms with Crippen LogP contribution < -0.4 is 4.90 Å². The van der Waals surface area contributed by atoms with Gasteiger partial charge in [-0.3, -0.25) is 9.88 Å². The van der Waals surface area contributed by atoms with Gasteiger partial charge in [-0.1, -0.05) is 24.3 Å². The van der Waals surface area contributed by atoms with Crippen molar-refractivity contribution in [3.8, 4) is 0 Å². The average Bonchev–Trinajstić information content (AvgIpc) is 2.56. The average molecular weight is 285 g/mol. The predicted molar refractivity (Wildman–Crippen MR) is 86.9 cm³/mol. The molecule has 1 saturated heterocycles. The summed E-state index contributed by atoms with van der Waals surface area (Å²) in [5.41, 5.74) is 2.45. The zero-order chi connectivity index (χ0) is 13.8. The fourth-order valence-electron chi connectivity index (χ4n) is 2.64. The Labute approximate surface area is 122 Å². The van der Waals surface area contributed by atoms with Gasteiger partial charge >= 0.3 is 0 Å². The summed E-state index contributed by atoms with van der Waals surface area (Å²) < 4.78 is 0. The van der Waals surface area contributed by atoms with Gasteiger partial charge in [0.1, 0.15) is 0 Å². The highest BCUT2D eigenvalue weighted by molar-refractivity contribution is 7.17. The molecule has 0 N–H and O–H groups in total. The Bertz CT molecular complexity index is 524. The van der Waals surface area contributed by atoms with Gasteiger partial charge in [0, 0.05) is 38.1 Å². The van der Waals surface area contributed by atoms with Gasteiger partial charge in [0.25, 0.3) is 0 Å². The number of piperazine rings is 1. The number of aromatic nitrogens is 1. The lowest BCUT2D eigenvalue weighted by atomic mass is 10.2. The first-order chi connectivity index (χ1) is 9.84. The van der Waals surface area contributed by atoms with E-state index >= 15 is 0 Å². The van der Waals surface area contributed by atoms with E-state index in [-0.39, 0.29) is 0 Å². The third-order valence-corrected chi connectivity index (χ3v) is 4.58. The van der Waals surface area contributed by atoms with Gasteiger partial charge in [-0.15, -0.1) is 9.24 Å². The highest BCUT2D eigenvalue weighted by Gasteiger charge is 2.22. The third kappa shape index (κ3) is 3.00. The summed E-state index contributed by atoms with van der Waals surface area (Å²) in [4.78, 5) is 9.38. The van der Waals surface area contributed by atoms with Crippen LogP contribution in [0.2, 0.25) is 0 Å². The molecular weight excluding hydrogens is 265 g/mol. The molecule has 1 aliphatic heterocycles. The van der Waals surface area contributed by atoms with Crippen LogP contribution in [0.25, 0.3) is 0 Å². The lowest BCUT2D eigenvalue weighted by molar-refractivity contribution is 0.239. The van der Waals surface area contributed by atoms with E-state index in [1.165, 1.54) is 5.69 Å². The number of hydrogen-bond acceptors (Lipinski definition) is 3. The van der Waals surface area contributed by atoms with Gasteiger partial charge in [-0.2, -0.15) is 0 Å². The molecule has 2 unspecified atom stereocenters. The Morgan fingerprint density at radius 2 is 1.60 bits per heavy atom. The summed E-state index contributed by atoms with van der Waals surface area (Å²) in [5.74, 6) is 0.314. The van der Waals surface area contributed by atoms with E-state index in [1.807, 2.05) is 12.3 Å². The van der Waals surface area contributed by atoms with Crippen LogP contribution in [0.15, 0.2) is 54.7 Å². The fourth-order valence-corrected chi connectivity index (χ4v) is 3.13. The SMILES string of the molecule is PC(c1ccccn1)N1CCN(c2ccccc2)CC1. The minimum atomic E-state index is 0.314. The molecule has 104 valence electrons. The van der Waals surface area contributed by atoms with E-state index in [1.54, 1.807) is 0 Å². The molecule has 1 aliphatic rings. The highest BCUT2D eigenvalue weighted by Crippen LogP contribution is 2.27. The van der Waals surface area contributed by atoms with Crippen LogP contribution in [0.4, 0.5) is 5.69 Å². The number of rotatable bonds is 3. The van der Waals surface area contributed by atoms with Crippen LogP contribution in [0.1, 0.15) is 11.5 Å². The Morgan fingerprint density at radius 1 is 0.900 bits per heavy atom. The van der Waals surface area contributed by atoms with E-state index in [4.69, 9.17) is 0 Å². The van der Waals surface area contributed by atoms with Crippen molar-refractivity contribution in [2.75, 3.05) is 31.1 Å². The topological polar surface area (TPSA) is 19.4 Å². The van der Waals surface area contributed by atoms with Crippen molar-refractivity contribution in [3.63, 3.8) is 0 Å². The molecule has 0 aliphatic carbocycles. The van der Waals surface area contributed by atoms with Crippen molar-refractivity contribution in [1.82, 2.24) is 9.88 Å². The molecule has 1 fully saturated rings. The number of pyridine rings is 1. The standard InChI is InChI=1S/C16H20N3P/c20-16(15-8-4-5-9-17-15)19-12-10-18(11-13-19)14-6-2-1-3-7-14/h1-9,16H,10-13,20H2. The van der Waals surface area contributed by atoms with Gasteiger partial charge in [0.15, 0.2) is 0 Å². The quantitative estimate of drug-likeness (QED) is 0.808. The molecule has 4 heteroatoms. The summed E-state index contributed by atoms with van der Waals surface area (Å²) in [5, 5.41) is 0. The number of anilines is 1.